The van der Waals surface area contributed by atoms with Gasteiger partial charge in [-0.25, -0.2) is 0 Å². The standard InChI is InChI=1S/C17H21N3OS/c1-17(21,16(22)19-13-8-3-2-4-9-13)15-18-11-12-7-5-6-10-14(12)20-15/h2-10,15-16,18-22H,11H2,1H3. The molecule has 22 heavy (non-hydrogen) atoms. The number of benzene rings is 2. The number of hydrogen-bond donors (Lipinski definition) is 5. The van der Waals surface area contributed by atoms with E-state index in [0.29, 0.717) is 0 Å². The molecule has 1 aliphatic heterocycles. The van der Waals surface area contributed by atoms with Gasteiger partial charge in [-0.2, -0.15) is 12.6 Å². The zero-order valence-corrected chi connectivity index (χ0v) is 13.3. The fraction of sp³-hybridized carbons (Fsp3) is 0.294. The Bertz CT molecular complexity index is 633. The largest absolute Gasteiger partial charge is 0.384 e. The lowest BCUT2D eigenvalue weighted by atomic mass is 9.98. The predicted octanol–water partition coefficient (Wildman–Crippen LogP) is 2.65. The number of anilines is 2. The van der Waals surface area contributed by atoms with E-state index in [1.54, 1.807) is 6.92 Å². The van der Waals surface area contributed by atoms with E-state index in [2.05, 4.69) is 34.6 Å². The van der Waals surface area contributed by atoms with Gasteiger partial charge in [0.05, 0.1) is 0 Å². The fourth-order valence-electron chi connectivity index (χ4n) is 2.58. The highest BCUT2D eigenvalue weighted by Crippen LogP contribution is 2.28. The minimum absolute atomic E-state index is 0.291. The van der Waals surface area contributed by atoms with Crippen molar-refractivity contribution in [3.63, 3.8) is 0 Å². The van der Waals surface area contributed by atoms with Crippen LogP contribution in [0.2, 0.25) is 0 Å². The van der Waals surface area contributed by atoms with Crippen molar-refractivity contribution in [2.45, 2.75) is 30.6 Å². The molecule has 116 valence electrons. The summed E-state index contributed by atoms with van der Waals surface area (Å²) in [6.07, 6.45) is -0.291. The predicted molar refractivity (Wildman–Crippen MR) is 94.2 cm³/mol. The van der Waals surface area contributed by atoms with Crippen LogP contribution in [0.4, 0.5) is 11.4 Å². The molecule has 4 N–H and O–H groups in total. The van der Waals surface area contributed by atoms with Crippen molar-refractivity contribution in [3.8, 4) is 0 Å². The molecule has 0 spiro atoms. The molecule has 2 aromatic carbocycles. The minimum Gasteiger partial charge on any atom is -0.384 e. The Labute approximate surface area is 136 Å². The van der Waals surface area contributed by atoms with Gasteiger partial charge in [0.25, 0.3) is 0 Å². The van der Waals surface area contributed by atoms with Gasteiger partial charge in [0.15, 0.2) is 0 Å². The summed E-state index contributed by atoms with van der Waals surface area (Å²) >= 11 is 4.56. The van der Waals surface area contributed by atoms with Crippen LogP contribution in [0.15, 0.2) is 54.6 Å². The second kappa shape index (κ2) is 6.20. The van der Waals surface area contributed by atoms with Gasteiger partial charge < -0.3 is 15.7 Å². The van der Waals surface area contributed by atoms with Crippen LogP contribution in [0.3, 0.4) is 0 Å². The molecule has 1 heterocycles. The van der Waals surface area contributed by atoms with Gasteiger partial charge in [0.1, 0.15) is 17.1 Å². The van der Waals surface area contributed by atoms with Crippen molar-refractivity contribution in [2.24, 2.45) is 0 Å². The van der Waals surface area contributed by atoms with Gasteiger partial charge >= 0.3 is 0 Å². The Morgan fingerprint density at radius 3 is 2.64 bits per heavy atom. The van der Waals surface area contributed by atoms with E-state index in [1.165, 1.54) is 5.56 Å². The zero-order valence-electron chi connectivity index (χ0n) is 12.5. The lowest BCUT2D eigenvalue weighted by Gasteiger charge is -2.41. The van der Waals surface area contributed by atoms with Crippen LogP contribution in [0.5, 0.6) is 0 Å². The molecular weight excluding hydrogens is 294 g/mol. The monoisotopic (exact) mass is 315 g/mol. The smallest absolute Gasteiger partial charge is 0.124 e. The molecule has 0 saturated carbocycles. The molecule has 0 amide bonds. The van der Waals surface area contributed by atoms with Gasteiger partial charge in [0, 0.05) is 17.9 Å². The van der Waals surface area contributed by atoms with Crippen LogP contribution < -0.4 is 16.0 Å². The highest BCUT2D eigenvalue weighted by atomic mass is 32.1. The SMILES string of the molecule is CC(O)(C(S)Nc1ccccc1)C1NCc2ccccc2N1. The fourth-order valence-corrected chi connectivity index (χ4v) is 2.88. The number of aliphatic hydroxyl groups is 1. The van der Waals surface area contributed by atoms with Crippen molar-refractivity contribution < 1.29 is 5.11 Å². The Hall–Kier alpha value is -1.69. The van der Waals surface area contributed by atoms with Crippen LogP contribution >= 0.6 is 12.6 Å². The van der Waals surface area contributed by atoms with Crippen molar-refractivity contribution in [1.82, 2.24) is 5.32 Å². The zero-order chi connectivity index (χ0) is 15.6. The lowest BCUT2D eigenvalue weighted by Crippen LogP contribution is -2.61. The second-order valence-corrected chi connectivity index (χ2v) is 6.27. The summed E-state index contributed by atoms with van der Waals surface area (Å²) in [6.45, 7) is 2.50. The molecule has 0 aliphatic carbocycles. The van der Waals surface area contributed by atoms with E-state index in [4.69, 9.17) is 0 Å². The first-order valence-corrected chi connectivity index (χ1v) is 7.89. The number of nitrogens with one attached hydrogen (secondary N) is 3. The van der Waals surface area contributed by atoms with Crippen LogP contribution in [-0.2, 0) is 6.54 Å². The van der Waals surface area contributed by atoms with Crippen LogP contribution in [0, 0.1) is 0 Å². The van der Waals surface area contributed by atoms with E-state index in [9.17, 15) is 5.11 Å². The Morgan fingerprint density at radius 2 is 1.86 bits per heavy atom. The topological polar surface area (TPSA) is 56.3 Å². The first-order valence-electron chi connectivity index (χ1n) is 7.37. The van der Waals surface area contributed by atoms with Crippen molar-refractivity contribution in [1.29, 1.82) is 0 Å². The molecule has 3 unspecified atom stereocenters. The minimum atomic E-state index is -1.09. The maximum absolute atomic E-state index is 10.9. The molecule has 0 radical (unpaired) electrons. The van der Waals surface area contributed by atoms with Crippen molar-refractivity contribution in [2.75, 3.05) is 10.6 Å². The summed E-state index contributed by atoms with van der Waals surface area (Å²) in [7, 11) is 0. The van der Waals surface area contributed by atoms with Crippen LogP contribution in [-0.4, -0.2) is 22.2 Å². The molecule has 2 aromatic rings. The van der Waals surface area contributed by atoms with Gasteiger partial charge in [-0.05, 0) is 30.7 Å². The third kappa shape index (κ3) is 3.06. The quantitative estimate of drug-likeness (QED) is 0.445. The van der Waals surface area contributed by atoms with Crippen LogP contribution in [0.25, 0.3) is 0 Å². The summed E-state index contributed by atoms with van der Waals surface area (Å²) in [4.78, 5) is 0. The summed E-state index contributed by atoms with van der Waals surface area (Å²) in [6, 6.07) is 17.9. The Kier molecular flexibility index (Phi) is 4.29. The average molecular weight is 315 g/mol. The van der Waals surface area contributed by atoms with Gasteiger partial charge in [0.2, 0.25) is 0 Å². The molecule has 0 bridgehead atoms. The number of thiol groups is 1. The van der Waals surface area contributed by atoms with Gasteiger partial charge in [-0.15, -0.1) is 0 Å². The number of rotatable bonds is 4. The number of hydrogen-bond acceptors (Lipinski definition) is 5. The maximum atomic E-state index is 10.9. The first-order chi connectivity index (χ1) is 10.6. The number of para-hydroxylation sites is 2. The van der Waals surface area contributed by atoms with Crippen LogP contribution in [0.1, 0.15) is 12.5 Å². The lowest BCUT2D eigenvalue weighted by molar-refractivity contribution is 0.0310. The summed E-state index contributed by atoms with van der Waals surface area (Å²) in [5, 5.41) is 20.4. The molecule has 4 nitrogen and oxygen atoms in total. The molecule has 5 heteroatoms. The van der Waals surface area contributed by atoms with Crippen molar-refractivity contribution >= 4 is 24.0 Å². The molecule has 3 atom stereocenters. The van der Waals surface area contributed by atoms with E-state index in [0.717, 1.165) is 17.9 Å². The average Bonchev–Trinajstić information content (AvgIpc) is 2.55. The number of fused-ring (bicyclic) bond motifs is 1. The third-order valence-corrected chi connectivity index (χ3v) is 4.68. The van der Waals surface area contributed by atoms with Gasteiger partial charge in [-0.1, -0.05) is 36.4 Å². The molecular formula is C17H21N3OS. The highest BCUT2D eigenvalue weighted by Gasteiger charge is 2.39. The molecule has 0 fully saturated rings. The second-order valence-electron chi connectivity index (χ2n) is 5.75. The summed E-state index contributed by atoms with van der Waals surface area (Å²) < 4.78 is 0. The molecule has 1 aliphatic rings. The summed E-state index contributed by atoms with van der Waals surface area (Å²) in [5.74, 6) is 0. The molecule has 3 rings (SSSR count). The highest BCUT2D eigenvalue weighted by molar-refractivity contribution is 7.81. The molecule has 0 aromatic heterocycles. The Morgan fingerprint density at radius 1 is 1.18 bits per heavy atom. The van der Waals surface area contributed by atoms with E-state index in [-0.39, 0.29) is 6.17 Å². The van der Waals surface area contributed by atoms with E-state index < -0.39 is 11.0 Å². The summed E-state index contributed by atoms with van der Waals surface area (Å²) in [5.41, 5.74) is 2.08. The normalized spacial score (nSPS) is 21.1. The Balaban J connectivity index is 1.73. The first kappa shape index (κ1) is 15.2. The van der Waals surface area contributed by atoms with Crippen molar-refractivity contribution in [3.05, 3.63) is 60.2 Å². The van der Waals surface area contributed by atoms with Gasteiger partial charge in [-0.3, -0.25) is 5.32 Å². The van der Waals surface area contributed by atoms with E-state index >= 15 is 0 Å². The third-order valence-electron chi connectivity index (χ3n) is 4.03. The maximum Gasteiger partial charge on any atom is 0.124 e. The molecule has 0 saturated heterocycles. The van der Waals surface area contributed by atoms with E-state index in [1.807, 2.05) is 48.5 Å².